The number of benzene rings is 1. The van der Waals surface area contributed by atoms with E-state index in [4.69, 9.17) is 10.4 Å². The number of nitriles is 1. The van der Waals surface area contributed by atoms with Gasteiger partial charge in [-0.15, -0.1) is 0 Å². The number of aliphatic hydroxyl groups is 2. The monoisotopic (exact) mass is 221 g/mol. The predicted octanol–water partition coefficient (Wildman–Crippen LogP) is 0.611. The van der Waals surface area contributed by atoms with E-state index in [1.165, 1.54) is 18.2 Å². The van der Waals surface area contributed by atoms with Crippen molar-refractivity contribution < 1.29 is 20.1 Å². The van der Waals surface area contributed by atoms with Crippen LogP contribution >= 0.6 is 0 Å². The van der Waals surface area contributed by atoms with Gasteiger partial charge in [0.2, 0.25) is 0 Å². The van der Waals surface area contributed by atoms with E-state index in [1.54, 1.807) is 13.0 Å². The average Bonchev–Trinajstić information content (AvgIpc) is 2.26. The zero-order chi connectivity index (χ0) is 12.3. The second-order valence-corrected chi connectivity index (χ2v) is 3.36. The number of aryl methyl sites for hydroxylation is 1. The van der Waals surface area contributed by atoms with E-state index in [0.29, 0.717) is 5.56 Å². The van der Waals surface area contributed by atoms with Gasteiger partial charge >= 0.3 is 5.97 Å². The van der Waals surface area contributed by atoms with Gasteiger partial charge in [0.05, 0.1) is 11.6 Å². The molecule has 0 aliphatic rings. The lowest BCUT2D eigenvalue weighted by Gasteiger charge is -2.17. The molecule has 0 saturated heterocycles. The average molecular weight is 221 g/mol. The Morgan fingerprint density at radius 3 is 2.56 bits per heavy atom. The van der Waals surface area contributed by atoms with Crippen LogP contribution in [-0.4, -0.2) is 27.4 Å². The van der Waals surface area contributed by atoms with E-state index in [2.05, 4.69) is 0 Å². The number of carbonyl (C=O) groups is 1. The Morgan fingerprint density at radius 2 is 2.06 bits per heavy atom. The Bertz CT molecular complexity index is 450. The van der Waals surface area contributed by atoms with Gasteiger partial charge in [0.25, 0.3) is 0 Å². The van der Waals surface area contributed by atoms with Crippen LogP contribution in [0.5, 0.6) is 0 Å². The van der Waals surface area contributed by atoms with E-state index in [9.17, 15) is 15.0 Å². The Balaban J connectivity index is 3.31. The Labute approximate surface area is 92.2 Å². The zero-order valence-corrected chi connectivity index (χ0v) is 8.58. The number of hydrogen-bond donors (Lipinski definition) is 3. The first-order valence-corrected chi connectivity index (χ1v) is 4.57. The van der Waals surface area contributed by atoms with Crippen molar-refractivity contribution in [1.82, 2.24) is 0 Å². The maximum absolute atomic E-state index is 10.9. The summed E-state index contributed by atoms with van der Waals surface area (Å²) in [4.78, 5) is 10.9. The highest BCUT2D eigenvalue weighted by Crippen LogP contribution is 2.24. The van der Waals surface area contributed by atoms with Crippen LogP contribution in [0.2, 0.25) is 0 Å². The highest BCUT2D eigenvalue weighted by molar-refractivity contribution is 5.90. The fraction of sp³-hybridized carbons (Fsp3) is 0.273. The van der Waals surface area contributed by atoms with Crippen molar-refractivity contribution in [1.29, 1.82) is 5.26 Å². The van der Waals surface area contributed by atoms with Crippen LogP contribution in [0.1, 0.15) is 27.6 Å². The molecule has 2 unspecified atom stereocenters. The van der Waals surface area contributed by atoms with E-state index >= 15 is 0 Å². The minimum atomic E-state index is -1.64. The third kappa shape index (κ3) is 2.19. The molecule has 3 N–H and O–H groups in total. The van der Waals surface area contributed by atoms with Gasteiger partial charge in [-0.2, -0.15) is 5.26 Å². The Kier molecular flexibility index (Phi) is 3.61. The molecule has 1 rings (SSSR count). The molecule has 84 valence electrons. The number of carboxylic acid groups (broad SMARTS) is 1. The SMILES string of the molecule is Cc1cccc(C(=O)O)c1C(O)C(O)C#N. The molecular formula is C11H11NO4. The van der Waals surface area contributed by atoms with Crippen LogP contribution in [0, 0.1) is 18.3 Å². The molecule has 0 aliphatic heterocycles. The Hall–Kier alpha value is -1.90. The molecule has 5 heteroatoms. The first-order chi connectivity index (χ1) is 7.49. The molecule has 2 atom stereocenters. The van der Waals surface area contributed by atoms with Crippen LogP contribution in [0.25, 0.3) is 0 Å². The van der Waals surface area contributed by atoms with Crippen molar-refractivity contribution in [3.63, 3.8) is 0 Å². The Morgan fingerprint density at radius 1 is 1.44 bits per heavy atom. The topological polar surface area (TPSA) is 102 Å². The first-order valence-electron chi connectivity index (χ1n) is 4.57. The molecule has 1 aromatic rings. The van der Waals surface area contributed by atoms with Gasteiger partial charge in [0.1, 0.15) is 6.10 Å². The van der Waals surface area contributed by atoms with Gasteiger partial charge in [-0.1, -0.05) is 12.1 Å². The molecule has 0 heterocycles. The first kappa shape index (κ1) is 12.2. The molecule has 0 saturated carbocycles. The van der Waals surface area contributed by atoms with E-state index in [-0.39, 0.29) is 11.1 Å². The minimum Gasteiger partial charge on any atom is -0.478 e. The summed E-state index contributed by atoms with van der Waals surface area (Å²) >= 11 is 0. The summed E-state index contributed by atoms with van der Waals surface area (Å²) in [5.74, 6) is -1.21. The van der Waals surface area contributed by atoms with E-state index < -0.39 is 18.2 Å². The number of aromatic carboxylic acids is 1. The largest absolute Gasteiger partial charge is 0.478 e. The quantitative estimate of drug-likeness (QED) is 0.649. The molecule has 0 aromatic heterocycles. The van der Waals surface area contributed by atoms with Gasteiger partial charge in [-0.05, 0) is 18.6 Å². The lowest BCUT2D eigenvalue weighted by Crippen LogP contribution is -2.20. The highest BCUT2D eigenvalue weighted by atomic mass is 16.4. The molecule has 0 bridgehead atoms. The number of rotatable bonds is 3. The van der Waals surface area contributed by atoms with Crippen LogP contribution < -0.4 is 0 Å². The molecule has 5 nitrogen and oxygen atoms in total. The van der Waals surface area contributed by atoms with E-state index in [1.807, 2.05) is 0 Å². The van der Waals surface area contributed by atoms with Crippen molar-refractivity contribution in [2.24, 2.45) is 0 Å². The smallest absolute Gasteiger partial charge is 0.336 e. The molecule has 0 fully saturated rings. The van der Waals surface area contributed by atoms with Gasteiger partial charge in [0, 0.05) is 5.56 Å². The van der Waals surface area contributed by atoms with Crippen LogP contribution in [0.4, 0.5) is 0 Å². The lowest BCUT2D eigenvalue weighted by atomic mass is 9.94. The summed E-state index contributed by atoms with van der Waals surface area (Å²) < 4.78 is 0. The van der Waals surface area contributed by atoms with Crippen molar-refractivity contribution in [3.8, 4) is 6.07 Å². The summed E-state index contributed by atoms with van der Waals surface area (Å²) in [6.45, 7) is 1.61. The summed E-state index contributed by atoms with van der Waals surface area (Å²) in [6.07, 6.45) is -3.16. The molecule has 0 spiro atoms. The van der Waals surface area contributed by atoms with Crippen molar-refractivity contribution in [2.75, 3.05) is 0 Å². The second kappa shape index (κ2) is 4.75. The maximum Gasteiger partial charge on any atom is 0.336 e. The number of nitrogens with zero attached hydrogens (tertiary/aromatic N) is 1. The number of carboxylic acids is 1. The number of aliphatic hydroxyl groups excluding tert-OH is 2. The molecule has 0 aliphatic carbocycles. The van der Waals surface area contributed by atoms with Crippen LogP contribution in [-0.2, 0) is 0 Å². The summed E-state index contributed by atoms with van der Waals surface area (Å²) in [5, 5.41) is 36.3. The normalized spacial score (nSPS) is 13.9. The minimum absolute atomic E-state index is 0.0732. The summed E-state index contributed by atoms with van der Waals surface area (Å²) in [5.41, 5.74) is 0.479. The summed E-state index contributed by atoms with van der Waals surface area (Å²) in [7, 11) is 0. The number of hydrogen-bond acceptors (Lipinski definition) is 4. The molecule has 0 amide bonds. The van der Waals surface area contributed by atoms with Crippen LogP contribution in [0.15, 0.2) is 18.2 Å². The van der Waals surface area contributed by atoms with Gasteiger partial charge < -0.3 is 15.3 Å². The highest BCUT2D eigenvalue weighted by Gasteiger charge is 2.24. The standard InChI is InChI=1S/C11H11NO4/c1-6-3-2-4-7(11(15)16)9(6)10(14)8(13)5-12/h2-4,8,10,13-14H,1H3,(H,15,16). The van der Waals surface area contributed by atoms with Crippen LogP contribution in [0.3, 0.4) is 0 Å². The third-order valence-electron chi connectivity index (χ3n) is 2.28. The van der Waals surface area contributed by atoms with Gasteiger partial charge in [-0.25, -0.2) is 4.79 Å². The molecule has 1 aromatic carbocycles. The van der Waals surface area contributed by atoms with Crippen molar-refractivity contribution >= 4 is 5.97 Å². The fourth-order valence-corrected chi connectivity index (χ4v) is 1.49. The molecule has 16 heavy (non-hydrogen) atoms. The van der Waals surface area contributed by atoms with Crippen molar-refractivity contribution in [3.05, 3.63) is 34.9 Å². The van der Waals surface area contributed by atoms with Crippen molar-refractivity contribution in [2.45, 2.75) is 19.1 Å². The predicted molar refractivity (Wildman–Crippen MR) is 54.7 cm³/mol. The van der Waals surface area contributed by atoms with Gasteiger partial charge in [-0.3, -0.25) is 0 Å². The fourth-order valence-electron chi connectivity index (χ4n) is 1.49. The second-order valence-electron chi connectivity index (χ2n) is 3.36. The summed E-state index contributed by atoms with van der Waals surface area (Å²) in [6, 6.07) is 5.93. The molecular weight excluding hydrogens is 210 g/mol. The third-order valence-corrected chi connectivity index (χ3v) is 2.28. The van der Waals surface area contributed by atoms with Gasteiger partial charge in [0.15, 0.2) is 6.10 Å². The molecule has 0 radical (unpaired) electrons. The lowest BCUT2D eigenvalue weighted by molar-refractivity contribution is 0.0494. The zero-order valence-electron chi connectivity index (χ0n) is 8.58. The maximum atomic E-state index is 10.9. The van der Waals surface area contributed by atoms with E-state index in [0.717, 1.165) is 0 Å².